The fraction of sp³-hybridized carbons (Fsp3) is 0.269. The highest BCUT2D eigenvalue weighted by molar-refractivity contribution is 6.05. The Morgan fingerprint density at radius 3 is 2.55 bits per heavy atom. The van der Waals surface area contributed by atoms with Crippen molar-refractivity contribution in [3.8, 4) is 0 Å². The van der Waals surface area contributed by atoms with Gasteiger partial charge in [0.25, 0.3) is 0 Å². The summed E-state index contributed by atoms with van der Waals surface area (Å²) in [5, 5.41) is 0. The highest BCUT2D eigenvalue weighted by Gasteiger charge is 2.34. The van der Waals surface area contributed by atoms with Gasteiger partial charge in [-0.25, -0.2) is 9.38 Å². The number of hydrogen-bond acceptors (Lipinski definition) is 2. The van der Waals surface area contributed by atoms with E-state index >= 15 is 0 Å². The summed E-state index contributed by atoms with van der Waals surface area (Å²) in [7, 11) is 0. The van der Waals surface area contributed by atoms with Gasteiger partial charge in [-0.3, -0.25) is 0 Å². The van der Waals surface area contributed by atoms with Crippen LogP contribution in [0.4, 0.5) is 4.39 Å². The molecule has 1 unspecified atom stereocenters. The molecule has 146 valence electrons. The maximum Gasteiger partial charge on any atom is 0.145 e. The van der Waals surface area contributed by atoms with E-state index < -0.39 is 0 Å². The zero-order valence-corrected chi connectivity index (χ0v) is 16.4. The molecule has 0 N–H and O–H groups in total. The summed E-state index contributed by atoms with van der Waals surface area (Å²) < 4.78 is 19.5. The third kappa shape index (κ3) is 3.69. The smallest absolute Gasteiger partial charge is 0.145 e. The molecular weight excluding hydrogens is 361 g/mol. The lowest BCUT2D eigenvalue weighted by molar-refractivity contribution is 0.206. The maximum atomic E-state index is 13.3. The summed E-state index contributed by atoms with van der Waals surface area (Å²) in [4.78, 5) is 5.02. The predicted octanol–water partition coefficient (Wildman–Crippen LogP) is 6.31. The minimum atomic E-state index is -0.189. The first-order chi connectivity index (χ1) is 14.3. The molecule has 5 rings (SSSR count). The molecule has 1 atom stereocenters. The van der Waals surface area contributed by atoms with Crippen LogP contribution in [0.15, 0.2) is 94.3 Å². The largest absolute Gasteiger partial charge is 0.487 e. The monoisotopic (exact) mass is 385 g/mol. The highest BCUT2D eigenvalue weighted by Crippen LogP contribution is 2.43. The summed E-state index contributed by atoms with van der Waals surface area (Å²) in [5.74, 6) is 0.938. The number of aliphatic imine (C=N–C) groups is 1. The van der Waals surface area contributed by atoms with Gasteiger partial charge in [0, 0.05) is 11.6 Å². The summed E-state index contributed by atoms with van der Waals surface area (Å²) in [6, 6.07) is 17.1. The second kappa shape index (κ2) is 7.82. The summed E-state index contributed by atoms with van der Waals surface area (Å²) >= 11 is 0. The van der Waals surface area contributed by atoms with Crippen LogP contribution in [-0.2, 0) is 17.8 Å². The normalized spacial score (nSPS) is 20.4. The zero-order chi connectivity index (χ0) is 19.6. The van der Waals surface area contributed by atoms with Crippen molar-refractivity contribution in [1.82, 2.24) is 0 Å². The van der Waals surface area contributed by atoms with Crippen molar-refractivity contribution < 1.29 is 9.13 Å². The standard InChI is InChI=1S/C26H24FNO/c27-21-13-10-18(11-14-21)16-20-12-15-24(29-17-19-6-2-1-3-7-19)26-25(20)22-8-4-5-9-23(22)28-26/h1-3,6-7,10-15,20H,4-5,8-9,16-17H2. The van der Waals surface area contributed by atoms with Crippen molar-refractivity contribution in [2.45, 2.75) is 38.7 Å². The molecule has 3 aliphatic rings. The van der Waals surface area contributed by atoms with Crippen LogP contribution in [0.1, 0.15) is 36.8 Å². The number of halogens is 1. The third-order valence-corrected chi connectivity index (χ3v) is 5.96. The van der Waals surface area contributed by atoms with Crippen LogP contribution in [0.25, 0.3) is 0 Å². The Morgan fingerprint density at radius 1 is 0.931 bits per heavy atom. The lowest BCUT2D eigenvalue weighted by Crippen LogP contribution is -2.15. The van der Waals surface area contributed by atoms with Gasteiger partial charge in [-0.2, -0.15) is 0 Å². The molecule has 3 heteroatoms. The van der Waals surface area contributed by atoms with Gasteiger partial charge in [-0.15, -0.1) is 0 Å². The lowest BCUT2D eigenvalue weighted by Gasteiger charge is -2.24. The van der Waals surface area contributed by atoms with Crippen molar-refractivity contribution in [2.75, 3.05) is 0 Å². The van der Waals surface area contributed by atoms with Crippen molar-refractivity contribution in [3.63, 3.8) is 0 Å². The Balaban J connectivity index is 1.45. The summed E-state index contributed by atoms with van der Waals surface area (Å²) in [6.45, 7) is 0.542. The zero-order valence-electron chi connectivity index (χ0n) is 16.4. The maximum absolute atomic E-state index is 13.3. The molecule has 2 nitrogen and oxygen atoms in total. The Morgan fingerprint density at radius 2 is 1.72 bits per heavy atom. The Bertz CT molecular complexity index is 1030. The second-order valence-electron chi connectivity index (χ2n) is 7.94. The van der Waals surface area contributed by atoms with Crippen molar-refractivity contribution >= 4 is 5.71 Å². The number of rotatable bonds is 5. The van der Waals surface area contributed by atoms with E-state index in [0.717, 1.165) is 41.8 Å². The molecule has 29 heavy (non-hydrogen) atoms. The van der Waals surface area contributed by atoms with E-state index in [1.807, 2.05) is 30.3 Å². The number of fused-ring (bicyclic) bond motifs is 2. The molecule has 0 bridgehead atoms. The van der Waals surface area contributed by atoms with E-state index in [4.69, 9.17) is 9.73 Å². The first kappa shape index (κ1) is 18.1. The van der Waals surface area contributed by atoms with Gasteiger partial charge in [-0.05, 0) is 72.6 Å². The van der Waals surface area contributed by atoms with Crippen molar-refractivity contribution in [1.29, 1.82) is 0 Å². The molecule has 2 aromatic rings. The SMILES string of the molecule is Fc1ccc(CC2C=CC(OCc3ccccc3)=C3N=C4CCCCC4=C32)cc1. The van der Waals surface area contributed by atoms with Crippen LogP contribution < -0.4 is 0 Å². The van der Waals surface area contributed by atoms with Crippen LogP contribution in [0.5, 0.6) is 0 Å². The van der Waals surface area contributed by atoms with Gasteiger partial charge >= 0.3 is 0 Å². The van der Waals surface area contributed by atoms with Crippen molar-refractivity contribution in [3.05, 3.63) is 106 Å². The van der Waals surface area contributed by atoms with Gasteiger partial charge in [0.2, 0.25) is 0 Å². The third-order valence-electron chi connectivity index (χ3n) is 5.96. The summed E-state index contributed by atoms with van der Waals surface area (Å²) in [6.07, 6.45) is 9.75. The molecule has 0 aromatic heterocycles. The highest BCUT2D eigenvalue weighted by atomic mass is 19.1. The minimum absolute atomic E-state index is 0.189. The number of allylic oxidation sites excluding steroid dienone is 4. The molecule has 0 saturated heterocycles. The van der Waals surface area contributed by atoms with Crippen LogP contribution >= 0.6 is 0 Å². The average Bonchev–Trinajstić information content (AvgIpc) is 3.16. The van der Waals surface area contributed by atoms with E-state index in [-0.39, 0.29) is 11.7 Å². The van der Waals surface area contributed by atoms with Gasteiger partial charge in [0.05, 0.1) is 0 Å². The molecule has 2 aromatic carbocycles. The van der Waals surface area contributed by atoms with E-state index in [1.165, 1.54) is 29.7 Å². The van der Waals surface area contributed by atoms with Gasteiger partial charge in [0.15, 0.2) is 0 Å². The molecule has 0 amide bonds. The van der Waals surface area contributed by atoms with Crippen LogP contribution in [-0.4, -0.2) is 5.71 Å². The van der Waals surface area contributed by atoms with Gasteiger partial charge < -0.3 is 4.74 Å². The molecule has 0 spiro atoms. The van der Waals surface area contributed by atoms with Crippen LogP contribution in [0, 0.1) is 11.7 Å². The van der Waals surface area contributed by atoms with E-state index in [2.05, 4.69) is 24.3 Å². The Hall–Kier alpha value is -2.94. The molecule has 1 fully saturated rings. The lowest BCUT2D eigenvalue weighted by atomic mass is 9.81. The first-order valence-corrected chi connectivity index (χ1v) is 10.4. The molecule has 0 radical (unpaired) electrons. The van der Waals surface area contributed by atoms with Crippen LogP contribution in [0.3, 0.4) is 0 Å². The van der Waals surface area contributed by atoms with Crippen LogP contribution in [0.2, 0.25) is 0 Å². The first-order valence-electron chi connectivity index (χ1n) is 10.4. The topological polar surface area (TPSA) is 21.6 Å². The number of nitrogens with zero attached hydrogens (tertiary/aromatic N) is 1. The second-order valence-corrected chi connectivity index (χ2v) is 7.94. The summed E-state index contributed by atoms with van der Waals surface area (Å²) in [5.41, 5.74) is 7.31. The minimum Gasteiger partial charge on any atom is -0.487 e. The fourth-order valence-corrected chi connectivity index (χ4v) is 4.50. The predicted molar refractivity (Wildman–Crippen MR) is 114 cm³/mol. The van der Waals surface area contributed by atoms with Gasteiger partial charge in [-0.1, -0.05) is 48.5 Å². The Kier molecular flexibility index (Phi) is 4.89. The number of hydrogen-bond donors (Lipinski definition) is 0. The number of benzene rings is 2. The molecule has 1 aliphatic heterocycles. The molecular formula is C26H24FNO. The van der Waals surface area contributed by atoms with Gasteiger partial charge in [0.1, 0.15) is 23.9 Å². The van der Waals surface area contributed by atoms with Crippen molar-refractivity contribution in [2.24, 2.45) is 10.9 Å². The fourth-order valence-electron chi connectivity index (χ4n) is 4.50. The van der Waals surface area contributed by atoms with E-state index in [1.54, 1.807) is 12.1 Å². The quantitative estimate of drug-likeness (QED) is 0.591. The van der Waals surface area contributed by atoms with E-state index in [0.29, 0.717) is 6.61 Å². The molecule has 2 aliphatic carbocycles. The average molecular weight is 385 g/mol. The van der Waals surface area contributed by atoms with E-state index in [9.17, 15) is 4.39 Å². The Labute approximate surface area is 171 Å². The number of ether oxygens (including phenoxy) is 1. The molecule has 1 saturated carbocycles. The molecule has 1 heterocycles.